The van der Waals surface area contributed by atoms with Crippen LogP contribution in [0.2, 0.25) is 0 Å². The fourth-order valence-electron chi connectivity index (χ4n) is 6.31. The quantitative estimate of drug-likeness (QED) is 0.185. The number of anilines is 1. The minimum atomic E-state index is -1.24. The number of fused-ring (bicyclic) bond motifs is 1. The van der Waals surface area contributed by atoms with Crippen molar-refractivity contribution >= 4 is 29.4 Å². The standard InChI is InChI=1S/C34H39N5O4/c35-29(19-23-9-3-1-4-10-23)39(33(42)43)28-17-15-24(16-18-28)22-37-32(41)34(20-26-13-7-8-14-27(26)21-34)38-31(40)30(36)25-11-5-2-6-12-25/h1,3-4,7-10,13-18,25,30,35H,2,5-6,11-12,19-22,36H2,(H,37,41)(H,38,40)(H,42,43)/t30-/m1/s1. The highest BCUT2D eigenvalue weighted by Gasteiger charge is 2.46. The third-order valence-corrected chi connectivity index (χ3v) is 8.68. The maximum atomic E-state index is 13.8. The molecule has 3 amide bonds. The first kappa shape index (κ1) is 30.0. The van der Waals surface area contributed by atoms with E-state index in [4.69, 9.17) is 11.1 Å². The maximum absolute atomic E-state index is 13.8. The summed E-state index contributed by atoms with van der Waals surface area (Å²) in [7, 11) is 0. The molecule has 3 aromatic carbocycles. The van der Waals surface area contributed by atoms with E-state index in [0.29, 0.717) is 18.5 Å². The van der Waals surface area contributed by atoms with E-state index < -0.39 is 17.7 Å². The number of hydrogen-bond donors (Lipinski definition) is 5. The van der Waals surface area contributed by atoms with Crippen LogP contribution in [0.1, 0.15) is 54.4 Å². The second-order valence-corrected chi connectivity index (χ2v) is 11.7. The molecule has 43 heavy (non-hydrogen) atoms. The van der Waals surface area contributed by atoms with Crippen LogP contribution in [0, 0.1) is 11.3 Å². The van der Waals surface area contributed by atoms with Gasteiger partial charge in [0.1, 0.15) is 11.4 Å². The minimum absolute atomic E-state index is 0.0651. The Bertz CT molecular complexity index is 1440. The van der Waals surface area contributed by atoms with Gasteiger partial charge in [-0.2, -0.15) is 0 Å². The molecule has 0 aliphatic heterocycles. The largest absolute Gasteiger partial charge is 0.464 e. The lowest BCUT2D eigenvalue weighted by atomic mass is 9.83. The molecular weight excluding hydrogens is 542 g/mol. The predicted octanol–water partition coefficient (Wildman–Crippen LogP) is 4.57. The summed E-state index contributed by atoms with van der Waals surface area (Å²) >= 11 is 0. The van der Waals surface area contributed by atoms with E-state index in [-0.39, 0.29) is 36.5 Å². The van der Waals surface area contributed by atoms with E-state index in [2.05, 4.69) is 10.6 Å². The van der Waals surface area contributed by atoms with E-state index in [1.165, 1.54) is 0 Å². The molecule has 0 aromatic heterocycles. The van der Waals surface area contributed by atoms with Gasteiger partial charge in [-0.1, -0.05) is 86.0 Å². The van der Waals surface area contributed by atoms with Crippen LogP contribution in [0.3, 0.4) is 0 Å². The smallest absolute Gasteiger partial charge is 0.417 e. The predicted molar refractivity (Wildman–Crippen MR) is 166 cm³/mol. The summed E-state index contributed by atoms with van der Waals surface area (Å²) in [6.45, 7) is 0.191. The van der Waals surface area contributed by atoms with Crippen LogP contribution >= 0.6 is 0 Å². The van der Waals surface area contributed by atoms with Gasteiger partial charge in [0.2, 0.25) is 11.8 Å². The van der Waals surface area contributed by atoms with Gasteiger partial charge in [-0.25, -0.2) is 9.69 Å². The van der Waals surface area contributed by atoms with Gasteiger partial charge in [0.15, 0.2) is 0 Å². The zero-order chi connectivity index (χ0) is 30.4. The Balaban J connectivity index is 1.26. The molecule has 0 heterocycles. The fraction of sp³-hybridized carbons (Fsp3) is 0.353. The molecule has 1 saturated carbocycles. The number of amidine groups is 1. The average molecular weight is 582 g/mol. The van der Waals surface area contributed by atoms with Gasteiger partial charge in [-0.15, -0.1) is 0 Å². The van der Waals surface area contributed by atoms with E-state index >= 15 is 0 Å². The second kappa shape index (κ2) is 13.2. The van der Waals surface area contributed by atoms with Gasteiger partial charge < -0.3 is 21.5 Å². The van der Waals surface area contributed by atoms with Crippen molar-refractivity contribution in [2.45, 2.75) is 69.5 Å². The van der Waals surface area contributed by atoms with Gasteiger partial charge in [-0.05, 0) is 53.1 Å². The number of benzene rings is 3. The zero-order valence-electron chi connectivity index (χ0n) is 24.2. The zero-order valence-corrected chi connectivity index (χ0v) is 24.2. The van der Waals surface area contributed by atoms with Crippen molar-refractivity contribution in [1.29, 1.82) is 5.41 Å². The molecule has 2 aliphatic carbocycles. The molecule has 6 N–H and O–H groups in total. The number of nitrogens with zero attached hydrogens (tertiary/aromatic N) is 1. The molecular formula is C34H39N5O4. The highest BCUT2D eigenvalue weighted by atomic mass is 16.4. The summed E-state index contributed by atoms with van der Waals surface area (Å²) in [6, 6.07) is 23.2. The van der Waals surface area contributed by atoms with E-state index in [0.717, 1.165) is 59.3 Å². The van der Waals surface area contributed by atoms with E-state index in [9.17, 15) is 19.5 Å². The van der Waals surface area contributed by atoms with Gasteiger partial charge in [0.05, 0.1) is 11.7 Å². The minimum Gasteiger partial charge on any atom is -0.464 e. The summed E-state index contributed by atoms with van der Waals surface area (Å²) in [5.41, 5.74) is 9.28. The molecule has 1 atom stereocenters. The summed E-state index contributed by atoms with van der Waals surface area (Å²) in [5.74, 6) is -0.514. The maximum Gasteiger partial charge on any atom is 0.417 e. The number of rotatable bonds is 9. The summed E-state index contributed by atoms with van der Waals surface area (Å²) in [5, 5.41) is 24.3. The molecule has 2 aliphatic rings. The SMILES string of the molecule is N=C(Cc1ccccc1)N(C(=O)O)c1ccc(CNC(=O)C2(NC(=O)[C@H](N)C3CCCCC3)Cc3ccccc3C2)cc1. The monoisotopic (exact) mass is 581 g/mol. The van der Waals surface area contributed by atoms with Crippen LogP contribution in [0.5, 0.6) is 0 Å². The number of carbonyl (C=O) groups excluding carboxylic acids is 2. The molecule has 0 saturated heterocycles. The Kier molecular flexibility index (Phi) is 9.21. The van der Waals surface area contributed by atoms with Crippen LogP contribution in [0.25, 0.3) is 0 Å². The summed E-state index contributed by atoms with van der Waals surface area (Å²) < 4.78 is 0. The summed E-state index contributed by atoms with van der Waals surface area (Å²) in [6.07, 6.45) is 4.85. The van der Waals surface area contributed by atoms with E-state index in [1.54, 1.807) is 24.3 Å². The lowest BCUT2D eigenvalue weighted by molar-refractivity contribution is -0.134. The van der Waals surface area contributed by atoms with Crippen molar-refractivity contribution < 1.29 is 19.5 Å². The van der Waals surface area contributed by atoms with Gasteiger partial charge >= 0.3 is 6.09 Å². The number of nitrogens with one attached hydrogen (secondary N) is 3. The fourth-order valence-corrected chi connectivity index (χ4v) is 6.31. The Labute approximate surface area is 252 Å². The molecule has 3 aromatic rings. The van der Waals surface area contributed by atoms with Crippen molar-refractivity contribution in [2.75, 3.05) is 4.90 Å². The first-order valence-corrected chi connectivity index (χ1v) is 14.9. The number of amides is 3. The van der Waals surface area contributed by atoms with Gasteiger partial charge in [0.25, 0.3) is 0 Å². The van der Waals surface area contributed by atoms with Crippen LogP contribution in [-0.4, -0.2) is 40.4 Å². The molecule has 9 heteroatoms. The second-order valence-electron chi connectivity index (χ2n) is 11.7. The van der Waals surface area contributed by atoms with Crippen LogP contribution in [0.15, 0.2) is 78.9 Å². The van der Waals surface area contributed by atoms with E-state index in [1.807, 2.05) is 54.6 Å². The molecule has 0 radical (unpaired) electrons. The normalized spacial score (nSPS) is 16.5. The van der Waals surface area contributed by atoms with Crippen molar-refractivity contribution in [3.05, 3.63) is 101 Å². The van der Waals surface area contributed by atoms with Crippen LogP contribution < -0.4 is 21.3 Å². The lowest BCUT2D eigenvalue weighted by Gasteiger charge is -2.33. The third kappa shape index (κ3) is 6.94. The highest BCUT2D eigenvalue weighted by molar-refractivity contribution is 6.13. The van der Waals surface area contributed by atoms with Crippen molar-refractivity contribution in [2.24, 2.45) is 11.7 Å². The summed E-state index contributed by atoms with van der Waals surface area (Å²) in [4.78, 5) is 40.1. The molecule has 9 nitrogen and oxygen atoms in total. The number of hydrogen-bond acceptors (Lipinski definition) is 5. The lowest BCUT2D eigenvalue weighted by Crippen LogP contribution is -2.63. The molecule has 1 fully saturated rings. The van der Waals surface area contributed by atoms with Crippen molar-refractivity contribution in [3.8, 4) is 0 Å². The van der Waals surface area contributed by atoms with Crippen LogP contribution in [0.4, 0.5) is 10.5 Å². The number of carbonyl (C=O) groups is 3. The van der Waals surface area contributed by atoms with Crippen LogP contribution in [-0.2, 0) is 35.4 Å². The number of carboxylic acid groups (broad SMARTS) is 1. The topological polar surface area (TPSA) is 149 Å². The highest BCUT2D eigenvalue weighted by Crippen LogP contribution is 2.32. The molecule has 0 spiro atoms. The molecule has 224 valence electrons. The Morgan fingerprint density at radius 1 is 0.884 bits per heavy atom. The molecule has 5 rings (SSSR count). The van der Waals surface area contributed by atoms with Crippen molar-refractivity contribution in [3.63, 3.8) is 0 Å². The van der Waals surface area contributed by atoms with Gasteiger partial charge in [0, 0.05) is 25.8 Å². The third-order valence-electron chi connectivity index (χ3n) is 8.68. The first-order valence-electron chi connectivity index (χ1n) is 14.9. The average Bonchev–Trinajstić information content (AvgIpc) is 3.40. The Morgan fingerprint density at radius 3 is 2.09 bits per heavy atom. The Morgan fingerprint density at radius 2 is 1.49 bits per heavy atom. The first-order chi connectivity index (χ1) is 20.8. The van der Waals surface area contributed by atoms with Gasteiger partial charge in [-0.3, -0.25) is 15.0 Å². The molecule has 0 bridgehead atoms. The number of nitrogens with two attached hydrogens (primary N) is 1. The Hall–Kier alpha value is -4.50. The molecule has 0 unspecified atom stereocenters. The van der Waals surface area contributed by atoms with Crippen molar-refractivity contribution in [1.82, 2.24) is 10.6 Å².